The van der Waals surface area contributed by atoms with E-state index in [2.05, 4.69) is 36.7 Å². The maximum Gasteiger partial charge on any atom is 0.405 e. The minimum absolute atomic E-state index is 0.0271. The molecule has 1 rings (SSSR count). The number of rotatable bonds is 7. The Bertz CT molecular complexity index is 481. The molecule has 0 heterocycles. The van der Waals surface area contributed by atoms with E-state index in [-0.39, 0.29) is 17.9 Å². The summed E-state index contributed by atoms with van der Waals surface area (Å²) in [6.07, 6.45) is 1.93. The summed E-state index contributed by atoms with van der Waals surface area (Å²) in [5.41, 5.74) is 0. The maximum atomic E-state index is 12.6. The number of amides is 3. The van der Waals surface area contributed by atoms with Gasteiger partial charge in [-0.25, -0.2) is 4.79 Å². The Morgan fingerprint density at radius 3 is 2.28 bits per heavy atom. The molecular weight excluding hydrogens is 322 g/mol. The van der Waals surface area contributed by atoms with E-state index in [4.69, 9.17) is 5.11 Å². The number of hydrogen-bond donors (Lipinski definition) is 4. The highest BCUT2D eigenvalue weighted by molar-refractivity contribution is 5.85. The summed E-state index contributed by atoms with van der Waals surface area (Å²) in [5.74, 6) is 1.12. The van der Waals surface area contributed by atoms with Crippen LogP contribution in [0.5, 0.6) is 0 Å². The summed E-state index contributed by atoms with van der Waals surface area (Å²) >= 11 is 0. The van der Waals surface area contributed by atoms with E-state index in [1.165, 1.54) is 13.3 Å². The molecule has 0 aromatic rings. The molecule has 0 saturated heterocycles. The Labute approximate surface area is 150 Å². The van der Waals surface area contributed by atoms with Gasteiger partial charge in [-0.05, 0) is 44.4 Å². The molecule has 0 aliphatic heterocycles. The highest BCUT2D eigenvalue weighted by atomic mass is 16.4. The van der Waals surface area contributed by atoms with Gasteiger partial charge >= 0.3 is 6.09 Å². The summed E-state index contributed by atoms with van der Waals surface area (Å²) in [4.78, 5) is 35.0. The van der Waals surface area contributed by atoms with Gasteiger partial charge in [0, 0.05) is 18.5 Å². The summed E-state index contributed by atoms with van der Waals surface area (Å²) in [6.45, 7) is 10.1. The van der Waals surface area contributed by atoms with Crippen molar-refractivity contribution in [3.63, 3.8) is 0 Å². The highest BCUT2D eigenvalue weighted by Crippen LogP contribution is 2.38. The van der Waals surface area contributed by atoms with Crippen molar-refractivity contribution in [2.45, 2.75) is 66.0 Å². The number of carbonyl (C=O) groups excluding carboxylic acids is 2. The second-order valence-electron chi connectivity index (χ2n) is 7.76. The standard InChI is InChI=1S/C18H33N3O4/c1-10(2)14-7-6-11(3)8-15(14)17(23)19-9-12(4)20-16(22)13(5)21-18(24)25/h10-15,21H,6-9H2,1-5H3,(H,19,23)(H,20,22)(H,24,25)/t11-,12?,13?,14+,15-/m1/s1. The Morgan fingerprint density at radius 2 is 1.72 bits per heavy atom. The van der Waals surface area contributed by atoms with Gasteiger partial charge in [-0.2, -0.15) is 0 Å². The second kappa shape index (κ2) is 9.63. The average molecular weight is 355 g/mol. The molecule has 3 amide bonds. The Hall–Kier alpha value is -1.79. The Balaban J connectivity index is 2.48. The minimum Gasteiger partial charge on any atom is -0.465 e. The van der Waals surface area contributed by atoms with E-state index < -0.39 is 18.0 Å². The van der Waals surface area contributed by atoms with Crippen LogP contribution >= 0.6 is 0 Å². The SMILES string of the molecule is CC(CNC(=O)[C@@H]1C[C@H](C)CC[C@H]1C(C)C)NC(=O)C(C)NC(=O)O. The number of hydrogen-bond acceptors (Lipinski definition) is 3. The molecule has 0 bridgehead atoms. The lowest BCUT2D eigenvalue weighted by atomic mass is 9.70. The summed E-state index contributed by atoms with van der Waals surface area (Å²) < 4.78 is 0. The molecule has 7 nitrogen and oxygen atoms in total. The lowest BCUT2D eigenvalue weighted by Crippen LogP contribution is -2.50. The predicted molar refractivity (Wildman–Crippen MR) is 96.1 cm³/mol. The number of nitrogens with one attached hydrogen (secondary N) is 3. The van der Waals surface area contributed by atoms with Gasteiger partial charge in [0.25, 0.3) is 0 Å². The van der Waals surface area contributed by atoms with Crippen LogP contribution in [-0.4, -0.2) is 41.6 Å². The van der Waals surface area contributed by atoms with Gasteiger partial charge in [0.2, 0.25) is 11.8 Å². The lowest BCUT2D eigenvalue weighted by Gasteiger charge is -2.36. The van der Waals surface area contributed by atoms with Gasteiger partial charge in [0.15, 0.2) is 0 Å². The Morgan fingerprint density at radius 1 is 1.08 bits per heavy atom. The van der Waals surface area contributed by atoms with Crippen molar-refractivity contribution in [3.8, 4) is 0 Å². The van der Waals surface area contributed by atoms with E-state index in [9.17, 15) is 14.4 Å². The predicted octanol–water partition coefficient (Wildman–Crippen LogP) is 1.97. The topological polar surface area (TPSA) is 108 Å². The molecule has 1 aliphatic carbocycles. The molecule has 144 valence electrons. The molecule has 0 spiro atoms. The van der Waals surface area contributed by atoms with Crippen molar-refractivity contribution < 1.29 is 19.5 Å². The largest absolute Gasteiger partial charge is 0.465 e. The average Bonchev–Trinajstić information content (AvgIpc) is 2.51. The quantitative estimate of drug-likeness (QED) is 0.560. The van der Waals surface area contributed by atoms with Crippen LogP contribution in [0.15, 0.2) is 0 Å². The van der Waals surface area contributed by atoms with Crippen LogP contribution in [0.4, 0.5) is 4.79 Å². The summed E-state index contributed by atoms with van der Waals surface area (Å²) in [5, 5.41) is 16.4. The molecule has 1 saturated carbocycles. The smallest absolute Gasteiger partial charge is 0.405 e. The van der Waals surface area contributed by atoms with E-state index in [0.717, 1.165) is 12.8 Å². The van der Waals surface area contributed by atoms with Crippen molar-refractivity contribution in [1.29, 1.82) is 0 Å². The van der Waals surface area contributed by atoms with Gasteiger partial charge in [0.05, 0.1) is 0 Å². The second-order valence-corrected chi connectivity index (χ2v) is 7.76. The third-order valence-corrected chi connectivity index (χ3v) is 5.06. The zero-order valence-electron chi connectivity index (χ0n) is 16.0. The van der Waals surface area contributed by atoms with Gasteiger partial charge in [-0.15, -0.1) is 0 Å². The van der Waals surface area contributed by atoms with Crippen molar-refractivity contribution in [1.82, 2.24) is 16.0 Å². The molecule has 1 aliphatic rings. The van der Waals surface area contributed by atoms with Crippen LogP contribution < -0.4 is 16.0 Å². The van der Waals surface area contributed by atoms with Gasteiger partial charge in [0.1, 0.15) is 6.04 Å². The number of carbonyl (C=O) groups is 3. The fraction of sp³-hybridized carbons (Fsp3) is 0.833. The maximum absolute atomic E-state index is 12.6. The summed E-state index contributed by atoms with van der Waals surface area (Å²) in [6, 6.07) is -1.10. The zero-order valence-corrected chi connectivity index (χ0v) is 16.0. The third-order valence-electron chi connectivity index (χ3n) is 5.06. The van der Waals surface area contributed by atoms with Crippen LogP contribution in [0.2, 0.25) is 0 Å². The fourth-order valence-corrected chi connectivity index (χ4v) is 3.56. The fourth-order valence-electron chi connectivity index (χ4n) is 3.56. The van der Waals surface area contributed by atoms with E-state index in [0.29, 0.717) is 24.3 Å². The molecule has 0 aromatic carbocycles. The van der Waals surface area contributed by atoms with Crippen molar-refractivity contribution in [2.24, 2.45) is 23.7 Å². The van der Waals surface area contributed by atoms with Gasteiger partial charge in [-0.1, -0.05) is 27.2 Å². The van der Waals surface area contributed by atoms with E-state index in [1.807, 2.05) is 0 Å². The first-order chi connectivity index (χ1) is 11.6. The van der Waals surface area contributed by atoms with Crippen LogP contribution in [0.1, 0.15) is 53.9 Å². The van der Waals surface area contributed by atoms with Gasteiger partial charge in [-0.3, -0.25) is 9.59 Å². The van der Waals surface area contributed by atoms with Crippen molar-refractivity contribution >= 4 is 17.9 Å². The van der Waals surface area contributed by atoms with Crippen molar-refractivity contribution in [2.75, 3.05) is 6.54 Å². The van der Waals surface area contributed by atoms with Crippen LogP contribution in [0.25, 0.3) is 0 Å². The van der Waals surface area contributed by atoms with E-state index in [1.54, 1.807) is 6.92 Å². The number of carboxylic acid groups (broad SMARTS) is 1. The molecule has 5 atom stereocenters. The monoisotopic (exact) mass is 355 g/mol. The molecule has 1 fully saturated rings. The molecule has 25 heavy (non-hydrogen) atoms. The first-order valence-electron chi connectivity index (χ1n) is 9.19. The molecule has 0 radical (unpaired) electrons. The van der Waals surface area contributed by atoms with Crippen molar-refractivity contribution in [3.05, 3.63) is 0 Å². The Kier molecular flexibility index (Phi) is 8.19. The highest BCUT2D eigenvalue weighted by Gasteiger charge is 2.35. The normalized spacial score (nSPS) is 25.8. The summed E-state index contributed by atoms with van der Waals surface area (Å²) in [7, 11) is 0. The van der Waals surface area contributed by atoms with E-state index >= 15 is 0 Å². The van der Waals surface area contributed by atoms with Crippen LogP contribution in [0.3, 0.4) is 0 Å². The van der Waals surface area contributed by atoms with Crippen LogP contribution in [-0.2, 0) is 9.59 Å². The zero-order chi connectivity index (χ0) is 19.1. The molecule has 7 heteroatoms. The lowest BCUT2D eigenvalue weighted by molar-refractivity contribution is -0.130. The molecule has 0 aromatic heterocycles. The first kappa shape index (κ1) is 21.3. The molecule has 2 unspecified atom stereocenters. The molecular formula is C18H33N3O4. The van der Waals surface area contributed by atoms with Crippen LogP contribution in [0, 0.1) is 23.7 Å². The first-order valence-corrected chi connectivity index (χ1v) is 9.19. The van der Waals surface area contributed by atoms with Gasteiger partial charge < -0.3 is 21.1 Å². The molecule has 4 N–H and O–H groups in total. The third kappa shape index (κ3) is 6.92. The minimum atomic E-state index is -1.24.